The van der Waals surface area contributed by atoms with Crippen LogP contribution in [0.25, 0.3) is 0 Å². The van der Waals surface area contributed by atoms with Gasteiger partial charge in [0, 0.05) is 45.5 Å². The van der Waals surface area contributed by atoms with Crippen LogP contribution in [0, 0.1) is 0 Å². The minimum absolute atomic E-state index is 0.0745. The summed E-state index contributed by atoms with van der Waals surface area (Å²) in [6.07, 6.45) is 5.08. The van der Waals surface area contributed by atoms with Gasteiger partial charge < -0.3 is 14.8 Å². The van der Waals surface area contributed by atoms with Gasteiger partial charge in [-0.2, -0.15) is 0 Å². The van der Waals surface area contributed by atoms with E-state index < -0.39 is 0 Å². The predicted octanol–water partition coefficient (Wildman–Crippen LogP) is 1.39. The molecular formula is C19H22N4O3. The number of carbonyl (C=O) groups excluding carboxylic acids is 2. The Bertz CT molecular complexity index is 873. The lowest BCUT2D eigenvalue weighted by Gasteiger charge is -2.24. The van der Waals surface area contributed by atoms with Crippen molar-refractivity contribution >= 4 is 11.8 Å². The highest BCUT2D eigenvalue weighted by Gasteiger charge is 2.31. The molecule has 3 rings (SSSR count). The lowest BCUT2D eigenvalue weighted by Crippen LogP contribution is -2.32. The Labute approximate surface area is 151 Å². The standard InChI is InChI=1S/C19H22N4O3/c1-13(24)20-10-14-5-7-16(21-11-14)17-4-3-9-23(17)19(26)15-6-8-18(25)22(2)12-15/h5-8,11-12,17H,3-4,9-10H2,1-2H3,(H,20,24)/t17-/m1/s1. The summed E-state index contributed by atoms with van der Waals surface area (Å²) in [5, 5.41) is 2.74. The normalized spacial score (nSPS) is 16.5. The summed E-state index contributed by atoms with van der Waals surface area (Å²) in [4.78, 5) is 41.7. The van der Waals surface area contributed by atoms with Gasteiger partial charge in [-0.1, -0.05) is 6.07 Å². The van der Waals surface area contributed by atoms with Crippen molar-refractivity contribution in [2.75, 3.05) is 6.54 Å². The SMILES string of the molecule is CC(=O)NCc1ccc([C@H]2CCCN2C(=O)c2ccc(=O)n(C)c2)nc1. The molecule has 0 radical (unpaired) electrons. The Balaban J connectivity index is 1.77. The topological polar surface area (TPSA) is 84.3 Å². The smallest absolute Gasteiger partial charge is 0.255 e. The van der Waals surface area contributed by atoms with Crippen LogP contribution in [0.4, 0.5) is 0 Å². The molecule has 7 heteroatoms. The van der Waals surface area contributed by atoms with Gasteiger partial charge >= 0.3 is 0 Å². The minimum atomic E-state index is -0.143. The molecule has 2 aromatic rings. The second-order valence-electron chi connectivity index (χ2n) is 6.52. The van der Waals surface area contributed by atoms with Crippen LogP contribution >= 0.6 is 0 Å². The van der Waals surface area contributed by atoms with Crippen molar-refractivity contribution in [1.82, 2.24) is 19.8 Å². The number of hydrogen-bond donors (Lipinski definition) is 1. The molecule has 0 bridgehead atoms. The summed E-state index contributed by atoms with van der Waals surface area (Å²) >= 11 is 0. The fraction of sp³-hybridized carbons (Fsp3) is 0.368. The summed E-state index contributed by atoms with van der Waals surface area (Å²) in [6, 6.07) is 6.74. The molecule has 0 aromatic carbocycles. The van der Waals surface area contributed by atoms with Crippen molar-refractivity contribution in [3.05, 3.63) is 63.8 Å². The average molecular weight is 354 g/mol. The van der Waals surface area contributed by atoms with Crippen LogP contribution in [0.1, 0.15) is 47.4 Å². The molecular weight excluding hydrogens is 332 g/mol. The maximum Gasteiger partial charge on any atom is 0.255 e. The first-order valence-electron chi connectivity index (χ1n) is 8.62. The number of carbonyl (C=O) groups is 2. The highest BCUT2D eigenvalue weighted by molar-refractivity contribution is 5.94. The summed E-state index contributed by atoms with van der Waals surface area (Å²) in [6.45, 7) is 2.58. The van der Waals surface area contributed by atoms with Crippen LogP contribution in [0.5, 0.6) is 0 Å². The zero-order valence-electron chi connectivity index (χ0n) is 14.9. The minimum Gasteiger partial charge on any atom is -0.352 e. The van der Waals surface area contributed by atoms with Crippen molar-refractivity contribution in [1.29, 1.82) is 0 Å². The number of nitrogens with one attached hydrogen (secondary N) is 1. The van der Waals surface area contributed by atoms with Gasteiger partial charge in [-0.25, -0.2) is 0 Å². The van der Waals surface area contributed by atoms with E-state index in [1.165, 1.54) is 17.6 Å². The molecule has 0 unspecified atom stereocenters. The number of aryl methyl sites for hydroxylation is 1. The first kappa shape index (κ1) is 17.8. The molecule has 7 nitrogen and oxygen atoms in total. The molecule has 1 atom stereocenters. The molecule has 1 fully saturated rings. The Morgan fingerprint density at radius 3 is 2.73 bits per heavy atom. The summed E-state index contributed by atoms with van der Waals surface area (Å²) < 4.78 is 1.41. The summed E-state index contributed by atoms with van der Waals surface area (Å²) in [7, 11) is 1.63. The Kier molecular flexibility index (Phi) is 5.16. The van der Waals surface area contributed by atoms with Gasteiger partial charge in [0.25, 0.3) is 5.91 Å². The third-order valence-electron chi connectivity index (χ3n) is 4.58. The first-order valence-corrected chi connectivity index (χ1v) is 8.62. The number of aromatic nitrogens is 2. The van der Waals surface area contributed by atoms with E-state index in [1.807, 2.05) is 17.0 Å². The van der Waals surface area contributed by atoms with Crippen LogP contribution < -0.4 is 10.9 Å². The maximum atomic E-state index is 12.9. The van der Waals surface area contributed by atoms with Crippen molar-refractivity contribution in [2.45, 2.75) is 32.4 Å². The van der Waals surface area contributed by atoms with Gasteiger partial charge in [-0.05, 0) is 30.5 Å². The molecule has 1 N–H and O–H groups in total. The van der Waals surface area contributed by atoms with E-state index >= 15 is 0 Å². The van der Waals surface area contributed by atoms with Crippen LogP contribution in [-0.4, -0.2) is 32.8 Å². The Morgan fingerprint density at radius 2 is 2.08 bits per heavy atom. The van der Waals surface area contributed by atoms with Gasteiger partial charge in [0.1, 0.15) is 0 Å². The first-order chi connectivity index (χ1) is 12.5. The fourth-order valence-corrected chi connectivity index (χ4v) is 3.17. The molecule has 2 amide bonds. The lowest BCUT2D eigenvalue weighted by molar-refractivity contribution is -0.119. The molecule has 0 spiro atoms. The van der Waals surface area contributed by atoms with E-state index in [1.54, 1.807) is 25.5 Å². The summed E-state index contributed by atoms with van der Waals surface area (Å²) in [5.74, 6) is -0.175. The van der Waals surface area contributed by atoms with E-state index in [0.717, 1.165) is 24.1 Å². The third kappa shape index (κ3) is 3.82. The Hall–Kier alpha value is -2.96. The number of pyridine rings is 2. The zero-order chi connectivity index (χ0) is 18.7. The fourth-order valence-electron chi connectivity index (χ4n) is 3.17. The van der Waals surface area contributed by atoms with Crippen molar-refractivity contribution in [3.8, 4) is 0 Å². The second-order valence-corrected chi connectivity index (χ2v) is 6.52. The number of rotatable bonds is 4. The summed E-state index contributed by atoms with van der Waals surface area (Å²) in [5.41, 5.74) is 2.11. The molecule has 0 saturated carbocycles. The molecule has 2 aromatic heterocycles. The Morgan fingerprint density at radius 1 is 1.27 bits per heavy atom. The van der Waals surface area contributed by atoms with Crippen LogP contribution in [0.3, 0.4) is 0 Å². The molecule has 1 aliphatic heterocycles. The number of nitrogens with zero attached hydrogens (tertiary/aromatic N) is 3. The molecule has 26 heavy (non-hydrogen) atoms. The number of amides is 2. The average Bonchev–Trinajstić information content (AvgIpc) is 3.12. The van der Waals surface area contributed by atoms with E-state index in [4.69, 9.17) is 0 Å². The monoisotopic (exact) mass is 354 g/mol. The van der Waals surface area contributed by atoms with E-state index in [0.29, 0.717) is 18.7 Å². The largest absolute Gasteiger partial charge is 0.352 e. The third-order valence-corrected chi connectivity index (χ3v) is 4.58. The predicted molar refractivity (Wildman–Crippen MR) is 96.5 cm³/mol. The second kappa shape index (κ2) is 7.51. The van der Waals surface area contributed by atoms with Crippen molar-refractivity contribution < 1.29 is 9.59 Å². The van der Waals surface area contributed by atoms with Gasteiger partial charge in [0.2, 0.25) is 11.5 Å². The van der Waals surface area contributed by atoms with Gasteiger partial charge in [0.05, 0.1) is 17.3 Å². The van der Waals surface area contributed by atoms with Crippen LogP contribution in [0.15, 0.2) is 41.5 Å². The highest BCUT2D eigenvalue weighted by Crippen LogP contribution is 2.32. The molecule has 1 aliphatic rings. The van der Waals surface area contributed by atoms with E-state index in [2.05, 4.69) is 10.3 Å². The quantitative estimate of drug-likeness (QED) is 0.899. The van der Waals surface area contributed by atoms with Crippen LogP contribution in [-0.2, 0) is 18.4 Å². The van der Waals surface area contributed by atoms with Crippen molar-refractivity contribution in [2.24, 2.45) is 7.05 Å². The number of likely N-dealkylation sites (tertiary alicyclic amines) is 1. The molecule has 1 saturated heterocycles. The highest BCUT2D eigenvalue weighted by atomic mass is 16.2. The van der Waals surface area contributed by atoms with Gasteiger partial charge in [-0.3, -0.25) is 19.4 Å². The van der Waals surface area contributed by atoms with Crippen LogP contribution in [0.2, 0.25) is 0 Å². The van der Waals surface area contributed by atoms with Gasteiger partial charge in [0.15, 0.2) is 0 Å². The number of hydrogen-bond acceptors (Lipinski definition) is 4. The van der Waals surface area contributed by atoms with E-state index in [-0.39, 0.29) is 23.4 Å². The zero-order valence-corrected chi connectivity index (χ0v) is 14.9. The molecule has 3 heterocycles. The van der Waals surface area contributed by atoms with Gasteiger partial charge in [-0.15, -0.1) is 0 Å². The van der Waals surface area contributed by atoms with Crippen molar-refractivity contribution in [3.63, 3.8) is 0 Å². The molecule has 0 aliphatic carbocycles. The molecule has 136 valence electrons. The van der Waals surface area contributed by atoms with E-state index in [9.17, 15) is 14.4 Å². The lowest BCUT2D eigenvalue weighted by atomic mass is 10.1. The maximum absolute atomic E-state index is 12.9.